The molecule has 0 bridgehead atoms. The second-order valence-electron chi connectivity index (χ2n) is 9.38. The highest BCUT2D eigenvalue weighted by Crippen LogP contribution is 2.58. The van der Waals surface area contributed by atoms with Crippen LogP contribution in [-0.4, -0.2) is 36.9 Å². The zero-order chi connectivity index (χ0) is 23.4. The number of aryl methyl sites for hydroxylation is 1. The van der Waals surface area contributed by atoms with Gasteiger partial charge in [-0.15, -0.1) is 0 Å². The number of anilines is 1. The van der Waals surface area contributed by atoms with E-state index in [4.69, 9.17) is 10.8 Å². The molecule has 8 nitrogen and oxygen atoms in total. The molecule has 0 spiro atoms. The molecule has 4 atom stereocenters. The quantitative estimate of drug-likeness (QED) is 0.426. The fraction of sp³-hybridized carbons (Fsp3) is 0.308. The first-order valence-electron chi connectivity index (χ1n) is 11.6. The van der Waals surface area contributed by atoms with Gasteiger partial charge in [-0.25, -0.2) is 14.6 Å². The first kappa shape index (κ1) is 20.8. The predicted molar refractivity (Wildman–Crippen MR) is 129 cm³/mol. The van der Waals surface area contributed by atoms with Crippen molar-refractivity contribution in [2.24, 2.45) is 11.8 Å². The van der Waals surface area contributed by atoms with Gasteiger partial charge in [0.15, 0.2) is 5.65 Å². The summed E-state index contributed by atoms with van der Waals surface area (Å²) in [6.07, 6.45) is 2.92. The maximum absolute atomic E-state index is 12.5. The van der Waals surface area contributed by atoms with Gasteiger partial charge >= 0.3 is 0 Å². The second-order valence-corrected chi connectivity index (χ2v) is 9.38. The Balaban J connectivity index is 1.27. The van der Waals surface area contributed by atoms with E-state index in [0.717, 1.165) is 34.2 Å². The molecule has 172 valence electrons. The molecule has 34 heavy (non-hydrogen) atoms. The van der Waals surface area contributed by atoms with Crippen molar-refractivity contribution < 1.29 is 9.90 Å². The second kappa shape index (κ2) is 7.92. The topological polar surface area (TPSA) is 119 Å². The number of nitrogens with two attached hydrogens (primary N) is 1. The van der Waals surface area contributed by atoms with Gasteiger partial charge in [-0.05, 0) is 48.8 Å². The Bertz CT molecular complexity index is 1400. The normalized spacial score (nSPS) is 23.1. The number of nitrogens with one attached hydrogen (secondary N) is 1. The Hall–Kier alpha value is -3.78. The van der Waals surface area contributed by atoms with E-state index in [2.05, 4.69) is 15.3 Å². The lowest BCUT2D eigenvalue weighted by atomic mass is 10.1. The average molecular weight is 455 g/mol. The summed E-state index contributed by atoms with van der Waals surface area (Å²) >= 11 is 0. The third kappa shape index (κ3) is 3.42. The van der Waals surface area contributed by atoms with E-state index >= 15 is 0 Å². The number of carbonyl (C=O) groups is 1. The monoisotopic (exact) mass is 454 g/mol. The van der Waals surface area contributed by atoms with Crippen molar-refractivity contribution >= 4 is 22.8 Å². The van der Waals surface area contributed by atoms with Crippen molar-refractivity contribution in [3.8, 4) is 11.3 Å². The minimum Gasteiger partial charge on any atom is -0.393 e. The fourth-order valence-electron chi connectivity index (χ4n) is 5.31. The molecular formula is C26H26N6O2. The highest BCUT2D eigenvalue weighted by atomic mass is 16.3. The van der Waals surface area contributed by atoms with Crippen LogP contribution in [0.2, 0.25) is 0 Å². The smallest absolute Gasteiger partial charge is 0.251 e. The number of benzene rings is 2. The summed E-state index contributed by atoms with van der Waals surface area (Å²) in [5, 5.41) is 18.9. The molecule has 2 heterocycles. The number of aliphatic hydroxyl groups excluding tert-OH is 1. The summed E-state index contributed by atoms with van der Waals surface area (Å²) in [4.78, 5) is 21.2. The molecule has 1 amide bonds. The number of carbonyl (C=O) groups excluding carboxylic acids is 1. The van der Waals surface area contributed by atoms with Gasteiger partial charge in [0.25, 0.3) is 5.91 Å². The summed E-state index contributed by atoms with van der Waals surface area (Å²) in [5.41, 5.74) is 11.2. The largest absolute Gasteiger partial charge is 0.393 e. The highest BCUT2D eigenvalue weighted by Gasteiger charge is 2.55. The van der Waals surface area contributed by atoms with Crippen LogP contribution < -0.4 is 11.1 Å². The van der Waals surface area contributed by atoms with E-state index in [0.29, 0.717) is 41.8 Å². The van der Waals surface area contributed by atoms with Gasteiger partial charge in [0, 0.05) is 17.7 Å². The molecule has 4 aromatic rings. The van der Waals surface area contributed by atoms with Crippen LogP contribution in [0.5, 0.6) is 0 Å². The molecule has 2 aliphatic carbocycles. The third-order valence-electron chi connectivity index (χ3n) is 7.26. The molecule has 8 heteroatoms. The van der Waals surface area contributed by atoms with Crippen molar-refractivity contribution in [3.05, 3.63) is 71.5 Å². The number of fused-ring (bicyclic) bond motifs is 2. The molecule has 2 unspecified atom stereocenters. The SMILES string of the molecule is Cc1ccccc1C(=O)NCc1ccc(-c2nn([C@@H]3C[C@@H](O)C4CC43)c3ncnc(N)c23)cc1. The Morgan fingerprint density at radius 2 is 1.91 bits per heavy atom. The van der Waals surface area contributed by atoms with Crippen molar-refractivity contribution in [2.45, 2.75) is 38.5 Å². The molecule has 2 saturated carbocycles. The molecule has 2 fully saturated rings. The number of hydrogen-bond acceptors (Lipinski definition) is 6. The standard InChI is InChI=1S/C26H26N6O2/c1-14-4-2-3-5-17(14)26(34)28-12-15-6-8-16(9-7-15)23-22-24(27)29-13-30-25(22)32(31-23)20-11-21(33)19-10-18(19)20/h2-9,13,18-21,33H,10-12H2,1H3,(H,28,34)(H2,27,29,30)/t18?,19?,20-,21-/m1/s1. The van der Waals surface area contributed by atoms with Crippen molar-refractivity contribution in [2.75, 3.05) is 5.73 Å². The lowest BCUT2D eigenvalue weighted by Gasteiger charge is -2.14. The predicted octanol–water partition coefficient (Wildman–Crippen LogP) is 3.26. The summed E-state index contributed by atoms with van der Waals surface area (Å²) in [6, 6.07) is 15.6. The lowest BCUT2D eigenvalue weighted by molar-refractivity contribution is 0.0950. The highest BCUT2D eigenvalue weighted by molar-refractivity contribution is 5.98. The first-order chi connectivity index (χ1) is 16.5. The number of aromatic nitrogens is 4. The summed E-state index contributed by atoms with van der Waals surface area (Å²) in [5.74, 6) is 1.13. The van der Waals surface area contributed by atoms with E-state index in [-0.39, 0.29) is 18.1 Å². The van der Waals surface area contributed by atoms with Crippen molar-refractivity contribution in [1.82, 2.24) is 25.1 Å². The molecule has 4 N–H and O–H groups in total. The van der Waals surface area contributed by atoms with Crippen LogP contribution in [0.1, 0.15) is 40.4 Å². The van der Waals surface area contributed by atoms with Crippen LogP contribution >= 0.6 is 0 Å². The number of nitrogen functional groups attached to an aromatic ring is 1. The summed E-state index contributed by atoms with van der Waals surface area (Å²) in [7, 11) is 0. The third-order valence-corrected chi connectivity index (χ3v) is 7.26. The number of nitrogens with zero attached hydrogens (tertiary/aromatic N) is 4. The molecule has 2 aromatic carbocycles. The van der Waals surface area contributed by atoms with Gasteiger partial charge in [-0.2, -0.15) is 5.10 Å². The van der Waals surface area contributed by atoms with Crippen molar-refractivity contribution in [1.29, 1.82) is 0 Å². The Morgan fingerprint density at radius 3 is 2.62 bits per heavy atom. The number of aliphatic hydroxyl groups is 1. The van der Waals surface area contributed by atoms with Crippen molar-refractivity contribution in [3.63, 3.8) is 0 Å². The van der Waals surface area contributed by atoms with E-state index in [1.807, 2.05) is 60.1 Å². The van der Waals surface area contributed by atoms with Crippen LogP contribution in [0.15, 0.2) is 54.9 Å². The van der Waals surface area contributed by atoms with E-state index in [1.54, 1.807) is 0 Å². The van der Waals surface area contributed by atoms with E-state index in [9.17, 15) is 9.90 Å². The number of rotatable bonds is 5. The maximum Gasteiger partial charge on any atom is 0.251 e. The van der Waals surface area contributed by atoms with E-state index < -0.39 is 0 Å². The Kier molecular flexibility index (Phi) is 4.84. The molecule has 0 aliphatic heterocycles. The van der Waals surface area contributed by atoms with Gasteiger partial charge < -0.3 is 16.2 Å². The van der Waals surface area contributed by atoms with Gasteiger partial charge in [0.05, 0.1) is 17.5 Å². The fourth-order valence-corrected chi connectivity index (χ4v) is 5.31. The van der Waals surface area contributed by atoms with Crippen LogP contribution in [0.3, 0.4) is 0 Å². The zero-order valence-corrected chi connectivity index (χ0v) is 18.8. The molecule has 0 saturated heterocycles. The molecule has 2 aromatic heterocycles. The first-order valence-corrected chi connectivity index (χ1v) is 11.6. The van der Waals surface area contributed by atoms with Crippen LogP contribution in [0.4, 0.5) is 5.82 Å². The Labute approximate surface area is 196 Å². The van der Waals surface area contributed by atoms with Crippen LogP contribution in [0, 0.1) is 18.8 Å². The van der Waals surface area contributed by atoms with Crippen LogP contribution in [0.25, 0.3) is 22.3 Å². The Morgan fingerprint density at radius 1 is 1.12 bits per heavy atom. The zero-order valence-electron chi connectivity index (χ0n) is 18.8. The van der Waals surface area contributed by atoms with Gasteiger partial charge in [-0.1, -0.05) is 42.5 Å². The number of amides is 1. The van der Waals surface area contributed by atoms with Gasteiger partial charge in [0.1, 0.15) is 17.8 Å². The number of hydrogen-bond donors (Lipinski definition) is 3. The molecule has 6 rings (SSSR count). The van der Waals surface area contributed by atoms with Gasteiger partial charge in [-0.3, -0.25) is 4.79 Å². The van der Waals surface area contributed by atoms with E-state index in [1.165, 1.54) is 6.33 Å². The molecular weight excluding hydrogens is 428 g/mol. The lowest BCUT2D eigenvalue weighted by Crippen LogP contribution is -2.23. The van der Waals surface area contributed by atoms with Gasteiger partial charge in [0.2, 0.25) is 0 Å². The van der Waals surface area contributed by atoms with Crippen LogP contribution in [-0.2, 0) is 6.54 Å². The molecule has 2 aliphatic rings. The summed E-state index contributed by atoms with van der Waals surface area (Å²) < 4.78 is 1.94. The molecule has 0 radical (unpaired) electrons. The average Bonchev–Trinajstić information content (AvgIpc) is 3.45. The minimum atomic E-state index is -0.272. The minimum absolute atomic E-state index is 0.0889. The maximum atomic E-state index is 12.5. The summed E-state index contributed by atoms with van der Waals surface area (Å²) in [6.45, 7) is 2.36.